The lowest BCUT2D eigenvalue weighted by Gasteiger charge is -2.09. The molecule has 3 nitrogen and oxygen atoms in total. The van der Waals surface area contributed by atoms with Crippen molar-refractivity contribution in [2.24, 2.45) is 0 Å². The van der Waals surface area contributed by atoms with Crippen LogP contribution in [0.2, 0.25) is 0 Å². The molecule has 0 aliphatic carbocycles. The second kappa shape index (κ2) is 5.79. The van der Waals surface area contributed by atoms with Crippen LogP contribution in [0.1, 0.15) is 34.3 Å². The minimum atomic E-state index is -0.174. The topological polar surface area (TPSA) is 29.5 Å². The molecule has 1 heterocycles. The molecule has 19 heavy (non-hydrogen) atoms. The molecule has 0 spiro atoms. The van der Waals surface area contributed by atoms with Gasteiger partial charge in [-0.3, -0.25) is 4.79 Å². The van der Waals surface area contributed by atoms with Crippen LogP contribution < -0.4 is 4.74 Å². The number of hydrogen-bond donors (Lipinski definition) is 0. The molecule has 0 unspecified atom stereocenters. The molecule has 1 aliphatic rings. The summed E-state index contributed by atoms with van der Waals surface area (Å²) in [6.45, 7) is 5.91. The van der Waals surface area contributed by atoms with Crippen molar-refractivity contribution in [2.45, 2.75) is 26.7 Å². The number of hydrogen-bond acceptors (Lipinski definition) is 3. The highest BCUT2D eigenvalue weighted by Gasteiger charge is 2.13. The van der Waals surface area contributed by atoms with E-state index in [1.807, 2.05) is 30.9 Å². The summed E-state index contributed by atoms with van der Waals surface area (Å²) in [6.07, 6.45) is 2.33. The van der Waals surface area contributed by atoms with Gasteiger partial charge in [0.2, 0.25) is 5.78 Å². The average molecular weight is 257 g/mol. The van der Waals surface area contributed by atoms with E-state index >= 15 is 0 Å². The summed E-state index contributed by atoms with van der Waals surface area (Å²) in [5.74, 6) is 3.15. The minimum absolute atomic E-state index is 0.174. The van der Waals surface area contributed by atoms with Crippen molar-refractivity contribution in [2.75, 3.05) is 20.2 Å². The van der Waals surface area contributed by atoms with Crippen LogP contribution in [-0.4, -0.2) is 30.9 Å². The molecular formula is C16H19NO2. The number of nitrogens with zero attached hydrogens (tertiary/aromatic N) is 1. The van der Waals surface area contributed by atoms with E-state index in [9.17, 15) is 4.79 Å². The Bertz CT molecular complexity index is 546. The molecule has 0 saturated carbocycles. The van der Waals surface area contributed by atoms with Crippen molar-refractivity contribution >= 4 is 5.78 Å². The molecule has 3 heteroatoms. The molecule has 0 bridgehead atoms. The Kier molecular flexibility index (Phi) is 4.11. The van der Waals surface area contributed by atoms with E-state index in [4.69, 9.17) is 4.74 Å². The van der Waals surface area contributed by atoms with Crippen molar-refractivity contribution in [1.82, 2.24) is 4.90 Å². The Hall–Kier alpha value is -1.95. The number of rotatable bonds is 2. The van der Waals surface area contributed by atoms with Gasteiger partial charge in [0.15, 0.2) is 0 Å². The normalized spacial score (nSPS) is 13.9. The maximum absolute atomic E-state index is 12.2. The van der Waals surface area contributed by atoms with E-state index < -0.39 is 0 Å². The summed E-state index contributed by atoms with van der Waals surface area (Å²) in [6, 6.07) is 6.69. The quantitative estimate of drug-likeness (QED) is 0.602. The summed E-state index contributed by atoms with van der Waals surface area (Å²) >= 11 is 0. The molecule has 0 aromatic heterocycles. The lowest BCUT2D eigenvalue weighted by atomic mass is 10.0. The fourth-order valence-electron chi connectivity index (χ4n) is 2.16. The lowest BCUT2D eigenvalue weighted by molar-refractivity contribution is 0.105. The molecule has 1 aliphatic heterocycles. The SMILES string of the molecule is COc1cc(C)c(C)cc1C(=O)C#CN1CCCC1. The summed E-state index contributed by atoms with van der Waals surface area (Å²) < 4.78 is 5.27. The first-order valence-corrected chi connectivity index (χ1v) is 6.58. The highest BCUT2D eigenvalue weighted by molar-refractivity contribution is 6.10. The monoisotopic (exact) mass is 257 g/mol. The Balaban J connectivity index is 2.25. The van der Waals surface area contributed by atoms with Crippen LogP contribution in [-0.2, 0) is 0 Å². The number of ketones is 1. The second-order valence-electron chi connectivity index (χ2n) is 4.90. The fraction of sp³-hybridized carbons (Fsp3) is 0.438. The maximum Gasteiger partial charge on any atom is 0.241 e. The summed E-state index contributed by atoms with van der Waals surface area (Å²) in [5.41, 5.74) is 2.74. The number of carbonyl (C=O) groups is 1. The van der Waals surface area contributed by atoms with Crippen molar-refractivity contribution in [3.63, 3.8) is 0 Å². The van der Waals surface area contributed by atoms with Gasteiger partial charge in [-0.15, -0.1) is 0 Å². The van der Waals surface area contributed by atoms with Gasteiger partial charge >= 0.3 is 0 Å². The van der Waals surface area contributed by atoms with E-state index in [1.165, 1.54) is 0 Å². The Morgan fingerprint density at radius 1 is 1.21 bits per heavy atom. The van der Waals surface area contributed by atoms with Crippen LogP contribution in [0, 0.1) is 25.8 Å². The van der Waals surface area contributed by atoms with E-state index in [0.29, 0.717) is 11.3 Å². The molecule has 1 aromatic carbocycles. The van der Waals surface area contributed by atoms with Crippen molar-refractivity contribution < 1.29 is 9.53 Å². The van der Waals surface area contributed by atoms with Crippen LogP contribution in [0.3, 0.4) is 0 Å². The molecule has 1 fully saturated rings. The minimum Gasteiger partial charge on any atom is -0.496 e. The van der Waals surface area contributed by atoms with Crippen LogP contribution in [0.15, 0.2) is 12.1 Å². The number of aryl methyl sites for hydroxylation is 2. The van der Waals surface area contributed by atoms with Gasteiger partial charge in [0.05, 0.1) is 12.7 Å². The van der Waals surface area contributed by atoms with Gasteiger partial charge in [-0.2, -0.15) is 0 Å². The number of ether oxygens (including phenoxy) is 1. The largest absolute Gasteiger partial charge is 0.496 e. The number of likely N-dealkylation sites (tertiary alicyclic amines) is 1. The van der Waals surface area contributed by atoms with E-state index in [1.54, 1.807) is 7.11 Å². The molecule has 0 atom stereocenters. The van der Waals surface area contributed by atoms with Gasteiger partial charge in [-0.1, -0.05) is 0 Å². The predicted octanol–water partition coefficient (Wildman–Crippen LogP) is 2.55. The highest BCUT2D eigenvalue weighted by atomic mass is 16.5. The first-order valence-electron chi connectivity index (χ1n) is 6.58. The number of methoxy groups -OCH3 is 1. The van der Waals surface area contributed by atoms with Crippen LogP contribution in [0.4, 0.5) is 0 Å². The molecule has 1 aromatic rings. The van der Waals surface area contributed by atoms with Crippen LogP contribution in [0.25, 0.3) is 0 Å². The maximum atomic E-state index is 12.2. The van der Waals surface area contributed by atoms with Gasteiger partial charge in [0, 0.05) is 25.1 Å². The van der Waals surface area contributed by atoms with E-state index in [-0.39, 0.29) is 5.78 Å². The van der Waals surface area contributed by atoms with Gasteiger partial charge in [-0.25, -0.2) is 0 Å². The zero-order chi connectivity index (χ0) is 13.8. The van der Waals surface area contributed by atoms with Crippen LogP contribution >= 0.6 is 0 Å². The van der Waals surface area contributed by atoms with Gasteiger partial charge in [-0.05, 0) is 49.9 Å². The van der Waals surface area contributed by atoms with E-state index in [2.05, 4.69) is 12.0 Å². The second-order valence-corrected chi connectivity index (χ2v) is 4.90. The first kappa shape index (κ1) is 13.5. The zero-order valence-electron chi connectivity index (χ0n) is 11.7. The third kappa shape index (κ3) is 3.08. The first-order chi connectivity index (χ1) is 9.11. The predicted molar refractivity (Wildman–Crippen MR) is 75.4 cm³/mol. The number of Topliss-reactive ketones (excluding diaryl/α,β-unsaturated/α-hetero) is 1. The number of carbonyl (C=O) groups excluding carboxylic acids is 1. The molecule has 0 amide bonds. The summed E-state index contributed by atoms with van der Waals surface area (Å²) in [7, 11) is 1.58. The highest BCUT2D eigenvalue weighted by Crippen LogP contribution is 2.23. The Morgan fingerprint density at radius 2 is 1.84 bits per heavy atom. The smallest absolute Gasteiger partial charge is 0.241 e. The zero-order valence-corrected chi connectivity index (χ0v) is 11.7. The summed E-state index contributed by atoms with van der Waals surface area (Å²) in [4.78, 5) is 14.2. The Labute approximate surface area is 114 Å². The molecule has 1 saturated heterocycles. The van der Waals surface area contributed by atoms with Crippen LogP contribution in [0.5, 0.6) is 5.75 Å². The molecule has 0 radical (unpaired) electrons. The van der Waals surface area contributed by atoms with Gasteiger partial charge in [0.25, 0.3) is 0 Å². The molecule has 100 valence electrons. The molecular weight excluding hydrogens is 238 g/mol. The van der Waals surface area contributed by atoms with Crippen molar-refractivity contribution in [3.8, 4) is 17.7 Å². The number of benzene rings is 1. The molecule has 2 rings (SSSR count). The lowest BCUT2D eigenvalue weighted by Crippen LogP contribution is -2.12. The van der Waals surface area contributed by atoms with E-state index in [0.717, 1.165) is 37.1 Å². The van der Waals surface area contributed by atoms with Gasteiger partial charge < -0.3 is 9.64 Å². The van der Waals surface area contributed by atoms with Gasteiger partial charge in [0.1, 0.15) is 5.75 Å². The fourth-order valence-corrected chi connectivity index (χ4v) is 2.16. The Morgan fingerprint density at radius 3 is 2.47 bits per heavy atom. The molecule has 0 N–H and O–H groups in total. The third-order valence-corrected chi connectivity index (χ3v) is 3.49. The van der Waals surface area contributed by atoms with Crippen molar-refractivity contribution in [3.05, 3.63) is 28.8 Å². The average Bonchev–Trinajstić information content (AvgIpc) is 2.91. The standard InChI is InChI=1S/C16H19NO2/c1-12-10-14(16(19-3)11-13(12)2)15(18)6-9-17-7-4-5-8-17/h10-11H,4-5,7-8H2,1-3H3. The van der Waals surface area contributed by atoms with Crippen molar-refractivity contribution in [1.29, 1.82) is 0 Å². The summed E-state index contributed by atoms with van der Waals surface area (Å²) in [5, 5.41) is 0. The third-order valence-electron chi connectivity index (χ3n) is 3.49.